The van der Waals surface area contributed by atoms with Crippen LogP contribution in [0, 0.1) is 22.7 Å². The maximum absolute atomic E-state index is 11.0. The molecule has 3 N–H and O–H groups in total. The van der Waals surface area contributed by atoms with Crippen molar-refractivity contribution in [3.05, 3.63) is 0 Å². The molecule has 2 heteroatoms. The fourth-order valence-corrected chi connectivity index (χ4v) is 4.31. The van der Waals surface area contributed by atoms with Gasteiger partial charge in [-0.05, 0) is 55.8 Å². The van der Waals surface area contributed by atoms with Crippen molar-refractivity contribution >= 4 is 0 Å². The van der Waals surface area contributed by atoms with Crippen LogP contribution in [0.5, 0.6) is 0 Å². The molecule has 0 bridgehead atoms. The average molecular weight is 267 g/mol. The molecule has 2 rings (SSSR count). The van der Waals surface area contributed by atoms with Crippen LogP contribution in [0.15, 0.2) is 0 Å². The van der Waals surface area contributed by atoms with Crippen molar-refractivity contribution in [2.75, 3.05) is 6.54 Å². The Hall–Kier alpha value is -0.0800. The summed E-state index contributed by atoms with van der Waals surface area (Å²) in [6.45, 7) is 7.69. The van der Waals surface area contributed by atoms with Crippen molar-refractivity contribution in [2.24, 2.45) is 28.4 Å². The van der Waals surface area contributed by atoms with Gasteiger partial charge in [-0.1, -0.05) is 33.6 Å². The second-order valence-corrected chi connectivity index (χ2v) is 8.21. The molecule has 3 atom stereocenters. The van der Waals surface area contributed by atoms with E-state index >= 15 is 0 Å². The molecule has 2 aliphatic carbocycles. The Labute approximate surface area is 119 Å². The molecule has 0 saturated heterocycles. The maximum Gasteiger partial charge on any atom is 0.0636 e. The predicted octanol–water partition coefficient (Wildman–Crippen LogP) is 3.72. The van der Waals surface area contributed by atoms with Gasteiger partial charge in [0.05, 0.1) is 6.10 Å². The summed E-state index contributed by atoms with van der Waals surface area (Å²) >= 11 is 0. The molecule has 2 fully saturated rings. The Morgan fingerprint density at radius 1 is 1.16 bits per heavy atom. The monoisotopic (exact) mass is 267 g/mol. The first-order valence-electron chi connectivity index (χ1n) is 8.27. The third kappa shape index (κ3) is 3.33. The third-order valence-electron chi connectivity index (χ3n) is 6.06. The van der Waals surface area contributed by atoms with E-state index in [0.717, 1.165) is 18.8 Å². The molecule has 2 nitrogen and oxygen atoms in total. The van der Waals surface area contributed by atoms with Crippen LogP contribution in [0.3, 0.4) is 0 Å². The topological polar surface area (TPSA) is 46.2 Å². The Kier molecular flexibility index (Phi) is 4.62. The van der Waals surface area contributed by atoms with E-state index in [1.807, 2.05) is 0 Å². The minimum Gasteiger partial charge on any atom is -0.392 e. The van der Waals surface area contributed by atoms with Gasteiger partial charge in [-0.15, -0.1) is 0 Å². The summed E-state index contributed by atoms with van der Waals surface area (Å²) in [6.07, 6.45) is 9.51. The molecule has 112 valence electrons. The second-order valence-electron chi connectivity index (χ2n) is 8.21. The zero-order valence-electron chi connectivity index (χ0n) is 13.1. The summed E-state index contributed by atoms with van der Waals surface area (Å²) < 4.78 is 0. The summed E-state index contributed by atoms with van der Waals surface area (Å²) in [4.78, 5) is 0. The van der Waals surface area contributed by atoms with E-state index in [4.69, 9.17) is 5.73 Å². The molecular weight excluding hydrogens is 234 g/mol. The van der Waals surface area contributed by atoms with E-state index in [1.54, 1.807) is 0 Å². The summed E-state index contributed by atoms with van der Waals surface area (Å²) in [5.41, 5.74) is 6.56. The van der Waals surface area contributed by atoms with E-state index in [1.165, 1.54) is 38.5 Å². The lowest BCUT2D eigenvalue weighted by Crippen LogP contribution is -2.49. The van der Waals surface area contributed by atoms with Gasteiger partial charge in [0.25, 0.3) is 0 Å². The van der Waals surface area contributed by atoms with Gasteiger partial charge in [0.15, 0.2) is 0 Å². The number of rotatable bonds is 3. The molecular formula is C17H33NO. The highest BCUT2D eigenvalue weighted by Gasteiger charge is 2.45. The lowest BCUT2D eigenvalue weighted by molar-refractivity contribution is -0.0665. The number of aliphatic hydroxyl groups excluding tert-OH is 1. The van der Waals surface area contributed by atoms with E-state index in [2.05, 4.69) is 20.8 Å². The summed E-state index contributed by atoms with van der Waals surface area (Å²) in [6, 6.07) is 0. The van der Waals surface area contributed by atoms with Crippen molar-refractivity contribution in [1.82, 2.24) is 0 Å². The van der Waals surface area contributed by atoms with E-state index in [-0.39, 0.29) is 11.5 Å². The van der Waals surface area contributed by atoms with E-state index < -0.39 is 0 Å². The molecule has 0 aromatic rings. The van der Waals surface area contributed by atoms with Crippen LogP contribution >= 0.6 is 0 Å². The van der Waals surface area contributed by atoms with Crippen molar-refractivity contribution in [3.8, 4) is 0 Å². The Morgan fingerprint density at radius 3 is 2.32 bits per heavy atom. The maximum atomic E-state index is 11.0. The summed E-state index contributed by atoms with van der Waals surface area (Å²) in [5, 5.41) is 11.0. The van der Waals surface area contributed by atoms with Gasteiger partial charge >= 0.3 is 0 Å². The molecule has 19 heavy (non-hydrogen) atoms. The number of nitrogens with two attached hydrogens (primary N) is 1. The molecule has 0 radical (unpaired) electrons. The first-order valence-corrected chi connectivity index (χ1v) is 8.27. The van der Waals surface area contributed by atoms with Crippen molar-refractivity contribution in [1.29, 1.82) is 0 Å². The van der Waals surface area contributed by atoms with Crippen LogP contribution in [0.1, 0.15) is 72.1 Å². The molecule has 2 aliphatic rings. The first-order chi connectivity index (χ1) is 8.88. The Balaban J connectivity index is 2.04. The molecule has 2 saturated carbocycles. The van der Waals surface area contributed by atoms with Gasteiger partial charge < -0.3 is 10.8 Å². The van der Waals surface area contributed by atoms with Gasteiger partial charge in [0.2, 0.25) is 0 Å². The molecule has 0 heterocycles. The molecule has 3 unspecified atom stereocenters. The first kappa shape index (κ1) is 15.3. The highest BCUT2D eigenvalue weighted by atomic mass is 16.3. The quantitative estimate of drug-likeness (QED) is 0.818. The normalized spacial score (nSPS) is 35.8. The number of hydrogen-bond acceptors (Lipinski definition) is 2. The lowest BCUT2D eigenvalue weighted by Gasteiger charge is -2.49. The molecule has 0 aliphatic heterocycles. The zero-order valence-corrected chi connectivity index (χ0v) is 13.1. The van der Waals surface area contributed by atoms with Crippen molar-refractivity contribution in [3.63, 3.8) is 0 Å². The van der Waals surface area contributed by atoms with Gasteiger partial charge in [-0.3, -0.25) is 0 Å². The van der Waals surface area contributed by atoms with E-state index in [0.29, 0.717) is 17.9 Å². The van der Waals surface area contributed by atoms with Crippen LogP contribution in [-0.2, 0) is 0 Å². The standard InChI is InChI=1S/C17H33NO/c1-13-5-4-6-14(11-13)15(19)17(12-18)9-7-16(2,3)8-10-17/h13-15,19H,4-12,18H2,1-3H3. The van der Waals surface area contributed by atoms with Crippen LogP contribution in [-0.4, -0.2) is 17.8 Å². The van der Waals surface area contributed by atoms with E-state index in [9.17, 15) is 5.11 Å². The highest BCUT2D eigenvalue weighted by Crippen LogP contribution is 2.49. The van der Waals surface area contributed by atoms with Gasteiger partial charge in [0, 0.05) is 12.0 Å². The molecule has 0 aromatic carbocycles. The highest BCUT2D eigenvalue weighted by molar-refractivity contribution is 4.97. The minimum atomic E-state index is -0.170. The lowest BCUT2D eigenvalue weighted by atomic mass is 9.59. The Bertz CT molecular complexity index is 290. The van der Waals surface area contributed by atoms with Crippen LogP contribution in [0.25, 0.3) is 0 Å². The van der Waals surface area contributed by atoms with Crippen molar-refractivity contribution < 1.29 is 5.11 Å². The fourth-order valence-electron chi connectivity index (χ4n) is 4.31. The Morgan fingerprint density at radius 2 is 1.79 bits per heavy atom. The largest absolute Gasteiger partial charge is 0.392 e. The smallest absolute Gasteiger partial charge is 0.0636 e. The second kappa shape index (κ2) is 5.73. The van der Waals surface area contributed by atoms with Crippen molar-refractivity contribution in [2.45, 2.75) is 78.2 Å². The average Bonchev–Trinajstić information content (AvgIpc) is 2.39. The van der Waals surface area contributed by atoms with Gasteiger partial charge in [0.1, 0.15) is 0 Å². The molecule has 0 spiro atoms. The third-order valence-corrected chi connectivity index (χ3v) is 6.06. The molecule has 0 amide bonds. The van der Waals surface area contributed by atoms with Crippen LogP contribution < -0.4 is 5.73 Å². The number of hydrogen-bond donors (Lipinski definition) is 2. The fraction of sp³-hybridized carbons (Fsp3) is 1.00. The summed E-state index contributed by atoms with van der Waals surface area (Å²) in [5.74, 6) is 1.27. The van der Waals surface area contributed by atoms with Gasteiger partial charge in [-0.25, -0.2) is 0 Å². The number of aliphatic hydroxyl groups is 1. The van der Waals surface area contributed by atoms with Crippen LogP contribution in [0.4, 0.5) is 0 Å². The predicted molar refractivity (Wildman–Crippen MR) is 80.9 cm³/mol. The minimum absolute atomic E-state index is 0.0112. The SMILES string of the molecule is CC1CCCC(C(O)C2(CN)CCC(C)(C)CC2)C1. The zero-order chi connectivity index (χ0) is 14.1. The van der Waals surface area contributed by atoms with Crippen LogP contribution in [0.2, 0.25) is 0 Å². The van der Waals surface area contributed by atoms with Gasteiger partial charge in [-0.2, -0.15) is 0 Å². The molecule has 0 aromatic heterocycles. The summed E-state index contributed by atoms with van der Waals surface area (Å²) in [7, 11) is 0.